The number of benzene rings is 1. The number of nitrogens with one attached hydrogen (secondary N) is 1. The molecule has 2 rings (SSSR count). The van der Waals surface area contributed by atoms with E-state index >= 15 is 0 Å². The van der Waals surface area contributed by atoms with E-state index in [9.17, 15) is 0 Å². The second-order valence-electron chi connectivity index (χ2n) is 4.42. The summed E-state index contributed by atoms with van der Waals surface area (Å²) in [6, 6.07) is 8.20. The van der Waals surface area contributed by atoms with Crippen LogP contribution in [0.3, 0.4) is 0 Å². The van der Waals surface area contributed by atoms with Crippen molar-refractivity contribution in [2.45, 2.75) is 19.3 Å². The Labute approximate surface area is 117 Å². The Bertz CT molecular complexity index is 486. The van der Waals surface area contributed by atoms with Crippen molar-refractivity contribution < 1.29 is 0 Å². The number of rotatable bonds is 5. The van der Waals surface area contributed by atoms with Crippen LogP contribution < -0.4 is 5.32 Å². The van der Waals surface area contributed by atoms with Gasteiger partial charge in [0.1, 0.15) is 0 Å². The van der Waals surface area contributed by atoms with Gasteiger partial charge in [-0.1, -0.05) is 58.4 Å². The Hall–Kier alpha value is -1.28. The topological polar surface area (TPSA) is 12.0 Å². The monoisotopic (exact) mass is 303 g/mol. The van der Waals surface area contributed by atoms with E-state index in [1.807, 2.05) is 12.1 Å². The van der Waals surface area contributed by atoms with Gasteiger partial charge in [0, 0.05) is 16.7 Å². The highest BCUT2D eigenvalue weighted by atomic mass is 79.9. The molecule has 0 amide bonds. The molecule has 94 valence electrons. The summed E-state index contributed by atoms with van der Waals surface area (Å²) in [6.45, 7) is 5.01. The molecule has 1 aromatic rings. The quantitative estimate of drug-likeness (QED) is 0.833. The number of hydrogen-bond donors (Lipinski definition) is 1. The summed E-state index contributed by atoms with van der Waals surface area (Å²) in [5, 5.41) is 3.38. The molecular weight excluding hydrogens is 286 g/mol. The molecule has 0 fully saturated rings. The van der Waals surface area contributed by atoms with Gasteiger partial charge in [-0.3, -0.25) is 0 Å². The summed E-state index contributed by atoms with van der Waals surface area (Å²) in [6.07, 6.45) is 10.2. The Morgan fingerprint density at radius 2 is 2.22 bits per heavy atom. The Kier molecular flexibility index (Phi) is 4.82. The lowest BCUT2D eigenvalue weighted by Crippen LogP contribution is -2.13. The zero-order valence-electron chi connectivity index (χ0n) is 10.5. The van der Waals surface area contributed by atoms with Crippen LogP contribution in [0.2, 0.25) is 0 Å². The zero-order valence-corrected chi connectivity index (χ0v) is 12.0. The van der Waals surface area contributed by atoms with Crippen LogP contribution in [-0.4, -0.2) is 6.54 Å². The number of allylic oxidation sites excluding steroid dienone is 3. The molecule has 0 heterocycles. The standard InChI is InChI=1S/C16H18BrN/c1-13(15-8-5-9-16(17)12-15)18-11-10-14-6-3-2-4-7-14/h3,5-9,12,18H,1-2,4,10-11H2. The van der Waals surface area contributed by atoms with Gasteiger partial charge in [-0.05, 0) is 37.0 Å². The Morgan fingerprint density at radius 1 is 1.33 bits per heavy atom. The lowest BCUT2D eigenvalue weighted by atomic mass is 10.0. The minimum atomic E-state index is 0.932. The first-order chi connectivity index (χ1) is 8.75. The molecule has 1 nitrogen and oxygen atoms in total. The SMILES string of the molecule is C=C(NCCC1=CCCC=C1)c1cccc(Br)c1. The van der Waals surface area contributed by atoms with Crippen LogP contribution >= 0.6 is 15.9 Å². The molecule has 0 unspecified atom stereocenters. The Morgan fingerprint density at radius 3 is 2.94 bits per heavy atom. The van der Waals surface area contributed by atoms with E-state index in [0.717, 1.165) is 28.7 Å². The highest BCUT2D eigenvalue weighted by molar-refractivity contribution is 9.10. The summed E-state index contributed by atoms with van der Waals surface area (Å²) in [4.78, 5) is 0. The average molecular weight is 304 g/mol. The van der Waals surface area contributed by atoms with Gasteiger partial charge in [-0.2, -0.15) is 0 Å². The van der Waals surface area contributed by atoms with Crippen molar-refractivity contribution in [3.05, 3.63) is 64.7 Å². The molecule has 0 radical (unpaired) electrons. The maximum absolute atomic E-state index is 4.08. The normalized spacial score (nSPS) is 14.2. The van der Waals surface area contributed by atoms with Crippen LogP contribution in [0, 0.1) is 0 Å². The average Bonchev–Trinajstić information content (AvgIpc) is 2.40. The third-order valence-corrected chi connectivity index (χ3v) is 3.49. The Balaban J connectivity index is 1.81. The van der Waals surface area contributed by atoms with Gasteiger partial charge in [0.15, 0.2) is 0 Å². The van der Waals surface area contributed by atoms with Crippen molar-refractivity contribution in [1.82, 2.24) is 5.32 Å². The maximum Gasteiger partial charge on any atom is 0.0341 e. The lowest BCUT2D eigenvalue weighted by molar-refractivity contribution is 0.838. The maximum atomic E-state index is 4.08. The zero-order chi connectivity index (χ0) is 12.8. The number of halogens is 1. The van der Waals surface area contributed by atoms with E-state index in [0.29, 0.717) is 0 Å². The molecule has 1 N–H and O–H groups in total. The van der Waals surface area contributed by atoms with Crippen molar-refractivity contribution >= 4 is 21.6 Å². The van der Waals surface area contributed by atoms with Crippen molar-refractivity contribution in [2.75, 3.05) is 6.54 Å². The van der Waals surface area contributed by atoms with E-state index in [-0.39, 0.29) is 0 Å². The first-order valence-corrected chi connectivity index (χ1v) is 7.09. The summed E-state index contributed by atoms with van der Waals surface area (Å²) in [5.74, 6) is 0. The lowest BCUT2D eigenvalue weighted by Gasteiger charge is -2.11. The van der Waals surface area contributed by atoms with Crippen LogP contribution in [0.5, 0.6) is 0 Å². The fourth-order valence-corrected chi connectivity index (χ4v) is 2.39. The summed E-state index contributed by atoms with van der Waals surface area (Å²) in [7, 11) is 0. The van der Waals surface area contributed by atoms with Crippen molar-refractivity contribution in [1.29, 1.82) is 0 Å². The van der Waals surface area contributed by atoms with Gasteiger partial charge in [-0.15, -0.1) is 0 Å². The second-order valence-corrected chi connectivity index (χ2v) is 5.34. The summed E-state index contributed by atoms with van der Waals surface area (Å²) in [5.41, 5.74) is 3.55. The highest BCUT2D eigenvalue weighted by Gasteiger charge is 2.00. The van der Waals surface area contributed by atoms with Crippen LogP contribution in [0.4, 0.5) is 0 Å². The molecule has 18 heavy (non-hydrogen) atoms. The van der Waals surface area contributed by atoms with Crippen LogP contribution in [-0.2, 0) is 0 Å². The summed E-state index contributed by atoms with van der Waals surface area (Å²) < 4.78 is 1.08. The molecule has 1 aliphatic rings. The molecule has 0 spiro atoms. The van der Waals surface area contributed by atoms with Gasteiger partial charge in [-0.25, -0.2) is 0 Å². The molecule has 0 saturated carbocycles. The molecule has 0 saturated heterocycles. The van der Waals surface area contributed by atoms with Crippen LogP contribution in [0.1, 0.15) is 24.8 Å². The first-order valence-electron chi connectivity index (χ1n) is 6.30. The minimum Gasteiger partial charge on any atom is -0.385 e. The van der Waals surface area contributed by atoms with Crippen molar-refractivity contribution in [2.24, 2.45) is 0 Å². The smallest absolute Gasteiger partial charge is 0.0341 e. The molecule has 1 aromatic carbocycles. The van der Waals surface area contributed by atoms with Crippen LogP contribution in [0.15, 0.2) is 59.1 Å². The van der Waals surface area contributed by atoms with E-state index in [1.165, 1.54) is 18.4 Å². The molecular formula is C16H18BrN. The third-order valence-electron chi connectivity index (χ3n) is 3.00. The second kappa shape index (κ2) is 6.60. The van der Waals surface area contributed by atoms with Gasteiger partial charge in [0.2, 0.25) is 0 Å². The van der Waals surface area contributed by atoms with E-state index < -0.39 is 0 Å². The van der Waals surface area contributed by atoms with E-state index in [1.54, 1.807) is 0 Å². The molecule has 0 aliphatic heterocycles. The minimum absolute atomic E-state index is 0.932. The van der Waals surface area contributed by atoms with Crippen molar-refractivity contribution in [3.8, 4) is 0 Å². The van der Waals surface area contributed by atoms with Gasteiger partial charge < -0.3 is 5.32 Å². The molecule has 0 atom stereocenters. The fourth-order valence-electron chi connectivity index (χ4n) is 1.99. The van der Waals surface area contributed by atoms with Gasteiger partial charge in [0.25, 0.3) is 0 Å². The summed E-state index contributed by atoms with van der Waals surface area (Å²) >= 11 is 3.47. The molecule has 0 aromatic heterocycles. The molecule has 1 aliphatic carbocycles. The van der Waals surface area contributed by atoms with E-state index in [2.05, 4.69) is 58.2 Å². The third kappa shape index (κ3) is 3.88. The van der Waals surface area contributed by atoms with E-state index in [4.69, 9.17) is 0 Å². The van der Waals surface area contributed by atoms with Crippen molar-refractivity contribution in [3.63, 3.8) is 0 Å². The number of hydrogen-bond acceptors (Lipinski definition) is 1. The predicted octanol–water partition coefficient (Wildman–Crippen LogP) is 4.68. The highest BCUT2D eigenvalue weighted by Crippen LogP contribution is 2.17. The molecule has 0 bridgehead atoms. The van der Waals surface area contributed by atoms with Crippen LogP contribution in [0.25, 0.3) is 5.70 Å². The fraction of sp³-hybridized carbons (Fsp3) is 0.250. The largest absolute Gasteiger partial charge is 0.385 e. The predicted molar refractivity (Wildman–Crippen MR) is 82.3 cm³/mol. The van der Waals surface area contributed by atoms with Gasteiger partial charge in [0.05, 0.1) is 0 Å². The first kappa shape index (κ1) is 13.2. The molecule has 2 heteroatoms. The van der Waals surface area contributed by atoms with Gasteiger partial charge >= 0.3 is 0 Å².